The lowest BCUT2D eigenvalue weighted by molar-refractivity contribution is -0.0612. The second-order valence-electron chi connectivity index (χ2n) is 7.54. The van der Waals surface area contributed by atoms with Gasteiger partial charge in [-0.2, -0.15) is 0 Å². The number of aliphatic hydroxyl groups is 1. The molecule has 2 atom stereocenters. The average Bonchev–Trinajstić information content (AvgIpc) is 2.61. The van der Waals surface area contributed by atoms with Crippen LogP contribution in [0.25, 0.3) is 0 Å². The quantitative estimate of drug-likeness (QED) is 0.863. The van der Waals surface area contributed by atoms with Crippen molar-refractivity contribution >= 4 is 5.91 Å². The Labute approximate surface area is 159 Å². The van der Waals surface area contributed by atoms with Crippen LogP contribution in [0.4, 0.5) is 0 Å². The van der Waals surface area contributed by atoms with E-state index in [1.807, 2.05) is 49.3 Å². The van der Waals surface area contributed by atoms with E-state index in [-0.39, 0.29) is 23.6 Å². The zero-order chi connectivity index (χ0) is 19.8. The Balaban J connectivity index is 1.91. The fourth-order valence-corrected chi connectivity index (χ4v) is 4.23. The van der Waals surface area contributed by atoms with Gasteiger partial charge in [-0.1, -0.05) is 30.3 Å². The van der Waals surface area contributed by atoms with Crippen LogP contribution in [-0.4, -0.2) is 59.1 Å². The molecule has 2 heterocycles. The van der Waals surface area contributed by atoms with Crippen LogP contribution in [0.2, 0.25) is 0 Å². The molecule has 1 amide bonds. The SMILES string of the molecule is Cc1cc(C)c(C(=O)N2CC[C@@](c3ccccc3)(N(C)C)[C@H](O)C2)c(=O)[nH]1. The van der Waals surface area contributed by atoms with Crippen molar-refractivity contribution in [3.05, 3.63) is 69.1 Å². The third-order valence-electron chi connectivity index (χ3n) is 5.65. The summed E-state index contributed by atoms with van der Waals surface area (Å²) in [5, 5.41) is 11.1. The molecule has 1 saturated heterocycles. The molecule has 6 nitrogen and oxygen atoms in total. The molecule has 2 N–H and O–H groups in total. The highest BCUT2D eigenvalue weighted by Crippen LogP contribution is 2.37. The number of likely N-dealkylation sites (tertiary alicyclic amines) is 1. The number of hydrogen-bond acceptors (Lipinski definition) is 4. The highest BCUT2D eigenvalue weighted by atomic mass is 16.3. The molecule has 144 valence electrons. The fourth-order valence-electron chi connectivity index (χ4n) is 4.23. The Kier molecular flexibility index (Phi) is 5.22. The van der Waals surface area contributed by atoms with E-state index >= 15 is 0 Å². The summed E-state index contributed by atoms with van der Waals surface area (Å²) in [5.41, 5.74) is 1.63. The minimum atomic E-state index is -0.766. The number of piperidine rings is 1. The predicted molar refractivity (Wildman–Crippen MR) is 105 cm³/mol. The van der Waals surface area contributed by atoms with Crippen molar-refractivity contribution in [1.82, 2.24) is 14.8 Å². The molecule has 0 aliphatic carbocycles. The zero-order valence-corrected chi connectivity index (χ0v) is 16.3. The van der Waals surface area contributed by atoms with Gasteiger partial charge in [-0.05, 0) is 51.6 Å². The number of amides is 1. The molecule has 6 heteroatoms. The number of pyridine rings is 1. The van der Waals surface area contributed by atoms with Gasteiger partial charge in [-0.15, -0.1) is 0 Å². The van der Waals surface area contributed by atoms with E-state index < -0.39 is 11.6 Å². The van der Waals surface area contributed by atoms with Crippen molar-refractivity contribution in [1.29, 1.82) is 0 Å². The number of hydrogen-bond donors (Lipinski definition) is 2. The lowest BCUT2D eigenvalue weighted by Crippen LogP contribution is -2.61. The van der Waals surface area contributed by atoms with Crippen molar-refractivity contribution in [3.63, 3.8) is 0 Å². The Morgan fingerprint density at radius 2 is 1.93 bits per heavy atom. The number of nitrogens with zero attached hydrogens (tertiary/aromatic N) is 2. The molecule has 0 bridgehead atoms. The monoisotopic (exact) mass is 369 g/mol. The lowest BCUT2D eigenvalue weighted by Gasteiger charge is -2.49. The lowest BCUT2D eigenvalue weighted by atomic mass is 9.77. The highest BCUT2D eigenvalue weighted by molar-refractivity contribution is 5.95. The summed E-state index contributed by atoms with van der Waals surface area (Å²) in [6, 6.07) is 11.7. The zero-order valence-electron chi connectivity index (χ0n) is 16.3. The van der Waals surface area contributed by atoms with Gasteiger partial charge in [0.25, 0.3) is 11.5 Å². The number of aromatic nitrogens is 1. The summed E-state index contributed by atoms with van der Waals surface area (Å²) >= 11 is 0. The van der Waals surface area contributed by atoms with Crippen molar-refractivity contribution in [3.8, 4) is 0 Å². The molecular weight excluding hydrogens is 342 g/mol. The van der Waals surface area contributed by atoms with Crippen molar-refractivity contribution in [2.75, 3.05) is 27.2 Å². The molecule has 0 spiro atoms. The molecule has 0 saturated carbocycles. The van der Waals surface area contributed by atoms with Crippen LogP contribution in [0.15, 0.2) is 41.2 Å². The van der Waals surface area contributed by atoms with Gasteiger partial charge in [-0.3, -0.25) is 14.5 Å². The summed E-state index contributed by atoms with van der Waals surface area (Å²) in [6.07, 6.45) is -0.183. The Morgan fingerprint density at radius 1 is 1.26 bits per heavy atom. The van der Waals surface area contributed by atoms with Gasteiger partial charge in [0, 0.05) is 18.8 Å². The van der Waals surface area contributed by atoms with Gasteiger partial charge in [-0.25, -0.2) is 0 Å². The second kappa shape index (κ2) is 7.29. The van der Waals surface area contributed by atoms with Gasteiger partial charge < -0.3 is 15.0 Å². The molecule has 0 radical (unpaired) electrons. The van der Waals surface area contributed by atoms with E-state index in [1.54, 1.807) is 24.8 Å². The van der Waals surface area contributed by atoms with E-state index in [0.717, 1.165) is 11.3 Å². The number of carbonyl (C=O) groups excluding carboxylic acids is 1. The molecule has 1 aliphatic heterocycles. The van der Waals surface area contributed by atoms with Crippen molar-refractivity contribution in [2.45, 2.75) is 31.9 Å². The van der Waals surface area contributed by atoms with E-state index in [1.165, 1.54) is 0 Å². The van der Waals surface area contributed by atoms with Gasteiger partial charge in [0.05, 0.1) is 11.6 Å². The number of β-amino-alcohol motifs (C(OH)–C–C–N with tert-alkyl or cyclic N) is 1. The molecule has 1 aromatic heterocycles. The minimum Gasteiger partial charge on any atom is -0.389 e. The van der Waals surface area contributed by atoms with Crippen LogP contribution >= 0.6 is 0 Å². The number of nitrogens with one attached hydrogen (secondary N) is 1. The Hall–Kier alpha value is -2.44. The number of aromatic amines is 1. The molecule has 2 aromatic rings. The van der Waals surface area contributed by atoms with Crippen LogP contribution in [0.3, 0.4) is 0 Å². The largest absolute Gasteiger partial charge is 0.389 e. The average molecular weight is 369 g/mol. The summed E-state index contributed by atoms with van der Waals surface area (Å²) in [5.74, 6) is -0.326. The fraction of sp³-hybridized carbons (Fsp3) is 0.429. The Bertz CT molecular complexity index is 891. The first-order valence-electron chi connectivity index (χ1n) is 9.18. The highest BCUT2D eigenvalue weighted by Gasteiger charge is 2.46. The normalized spacial score (nSPS) is 22.9. The van der Waals surface area contributed by atoms with E-state index in [4.69, 9.17) is 0 Å². The Morgan fingerprint density at radius 3 is 2.48 bits per heavy atom. The molecule has 1 aliphatic rings. The van der Waals surface area contributed by atoms with Crippen LogP contribution < -0.4 is 5.56 Å². The molecule has 1 fully saturated rings. The number of likely N-dealkylation sites (N-methyl/N-ethyl adjacent to an activating group) is 1. The first-order valence-corrected chi connectivity index (χ1v) is 9.18. The number of aryl methyl sites for hydroxylation is 2. The van der Waals surface area contributed by atoms with Crippen LogP contribution in [0.5, 0.6) is 0 Å². The number of benzene rings is 1. The number of carbonyl (C=O) groups is 1. The topological polar surface area (TPSA) is 76.6 Å². The second-order valence-corrected chi connectivity index (χ2v) is 7.54. The summed E-state index contributed by atoms with van der Waals surface area (Å²) in [7, 11) is 3.89. The minimum absolute atomic E-state index is 0.157. The maximum atomic E-state index is 13.0. The number of H-pyrrole nitrogens is 1. The van der Waals surface area contributed by atoms with Gasteiger partial charge >= 0.3 is 0 Å². The summed E-state index contributed by atoms with van der Waals surface area (Å²) in [4.78, 5) is 31.6. The number of rotatable bonds is 3. The third kappa shape index (κ3) is 3.31. The van der Waals surface area contributed by atoms with E-state index in [2.05, 4.69) is 4.98 Å². The van der Waals surface area contributed by atoms with Crippen LogP contribution in [0, 0.1) is 13.8 Å². The maximum absolute atomic E-state index is 13.0. The molecule has 27 heavy (non-hydrogen) atoms. The standard InChI is InChI=1S/C21H27N3O3/c1-14-12-15(2)22-19(26)18(14)20(27)24-11-10-21(23(3)4,17(25)13-24)16-8-6-5-7-9-16/h5-9,12,17,25H,10-11,13H2,1-4H3,(H,22,26)/t17-,21+/m1/s1. The van der Waals surface area contributed by atoms with Crippen molar-refractivity contribution < 1.29 is 9.90 Å². The predicted octanol–water partition coefficient (Wildman–Crippen LogP) is 1.66. The van der Waals surface area contributed by atoms with Gasteiger partial charge in [0.2, 0.25) is 0 Å². The van der Waals surface area contributed by atoms with Crippen molar-refractivity contribution in [2.24, 2.45) is 0 Å². The molecule has 1 aromatic carbocycles. The smallest absolute Gasteiger partial charge is 0.261 e. The van der Waals surface area contributed by atoms with Gasteiger partial charge in [0.1, 0.15) is 5.56 Å². The summed E-state index contributed by atoms with van der Waals surface area (Å²) < 4.78 is 0. The van der Waals surface area contributed by atoms with E-state index in [0.29, 0.717) is 18.5 Å². The number of aliphatic hydroxyl groups excluding tert-OH is 1. The first-order chi connectivity index (χ1) is 12.8. The summed E-state index contributed by atoms with van der Waals surface area (Å²) in [6.45, 7) is 4.21. The van der Waals surface area contributed by atoms with E-state index in [9.17, 15) is 14.7 Å². The van der Waals surface area contributed by atoms with Crippen LogP contribution in [0.1, 0.15) is 33.6 Å². The van der Waals surface area contributed by atoms with Gasteiger partial charge in [0.15, 0.2) is 0 Å². The van der Waals surface area contributed by atoms with Crippen LogP contribution in [-0.2, 0) is 5.54 Å². The maximum Gasteiger partial charge on any atom is 0.261 e. The first kappa shape index (κ1) is 19.3. The molecule has 0 unspecified atom stereocenters. The molecular formula is C21H27N3O3. The third-order valence-corrected chi connectivity index (χ3v) is 5.65. The molecule has 3 rings (SSSR count).